The number of aliphatic hydroxyl groups is 1. The van der Waals surface area contributed by atoms with Crippen molar-refractivity contribution in [1.29, 1.82) is 0 Å². The quantitative estimate of drug-likeness (QED) is 0.771. The van der Waals surface area contributed by atoms with Crippen molar-refractivity contribution in [2.24, 2.45) is 0 Å². The minimum absolute atomic E-state index is 0.364. The van der Waals surface area contributed by atoms with Crippen molar-refractivity contribution in [2.45, 2.75) is 32.8 Å². The van der Waals surface area contributed by atoms with Gasteiger partial charge in [-0.2, -0.15) is 0 Å². The number of ether oxygens (including phenoxy) is 1. The molecule has 0 amide bonds. The lowest BCUT2D eigenvalue weighted by Crippen LogP contribution is -2.01. The average molecular weight is 212 g/mol. The highest BCUT2D eigenvalue weighted by atomic mass is 16.5. The van der Waals surface area contributed by atoms with Crippen molar-refractivity contribution in [3.63, 3.8) is 0 Å². The van der Waals surface area contributed by atoms with Crippen LogP contribution < -0.4 is 0 Å². The number of aryl methyl sites for hydroxylation is 2. The van der Waals surface area contributed by atoms with E-state index in [0.29, 0.717) is 29.9 Å². The first-order valence-electron chi connectivity index (χ1n) is 4.90. The van der Waals surface area contributed by atoms with Gasteiger partial charge in [0.05, 0.1) is 13.2 Å². The van der Waals surface area contributed by atoms with E-state index in [1.165, 1.54) is 7.11 Å². The summed E-state index contributed by atoms with van der Waals surface area (Å²) >= 11 is 0. The lowest BCUT2D eigenvalue weighted by molar-refractivity contribution is 0.0599. The van der Waals surface area contributed by atoms with Gasteiger partial charge in [0.15, 0.2) is 0 Å². The van der Waals surface area contributed by atoms with E-state index in [1.807, 2.05) is 0 Å². The second-order valence-corrected chi connectivity index (χ2v) is 3.56. The number of furan rings is 1. The molecule has 15 heavy (non-hydrogen) atoms. The van der Waals surface area contributed by atoms with E-state index in [-0.39, 0.29) is 12.1 Å². The minimum atomic E-state index is -0.389. The molecule has 0 aliphatic heterocycles. The molecule has 1 atom stereocenters. The van der Waals surface area contributed by atoms with Crippen LogP contribution in [0.15, 0.2) is 10.5 Å². The number of hydrogen-bond donors (Lipinski definition) is 1. The van der Waals surface area contributed by atoms with Gasteiger partial charge in [-0.25, -0.2) is 4.79 Å². The molecule has 4 nitrogen and oxygen atoms in total. The van der Waals surface area contributed by atoms with Crippen LogP contribution in [0.3, 0.4) is 0 Å². The maximum atomic E-state index is 11.3. The Morgan fingerprint density at radius 2 is 2.33 bits per heavy atom. The fraction of sp³-hybridized carbons (Fsp3) is 0.545. The van der Waals surface area contributed by atoms with Gasteiger partial charge < -0.3 is 14.3 Å². The van der Waals surface area contributed by atoms with Crippen molar-refractivity contribution in [3.8, 4) is 0 Å². The number of hydrogen-bond acceptors (Lipinski definition) is 4. The zero-order valence-corrected chi connectivity index (χ0v) is 9.24. The van der Waals surface area contributed by atoms with E-state index >= 15 is 0 Å². The van der Waals surface area contributed by atoms with Crippen LogP contribution in [0.1, 0.15) is 35.2 Å². The summed E-state index contributed by atoms with van der Waals surface area (Å²) < 4.78 is 9.98. The van der Waals surface area contributed by atoms with Gasteiger partial charge in [0.25, 0.3) is 0 Å². The fourth-order valence-corrected chi connectivity index (χ4v) is 1.33. The van der Waals surface area contributed by atoms with Crippen LogP contribution in [-0.4, -0.2) is 24.3 Å². The summed E-state index contributed by atoms with van der Waals surface area (Å²) in [5.74, 6) is 0.871. The first-order valence-corrected chi connectivity index (χ1v) is 4.90. The van der Waals surface area contributed by atoms with E-state index in [2.05, 4.69) is 4.74 Å². The summed E-state index contributed by atoms with van der Waals surface area (Å²) in [7, 11) is 1.34. The molecule has 0 spiro atoms. The number of aliphatic hydroxyl groups excluding tert-OH is 1. The van der Waals surface area contributed by atoms with Crippen LogP contribution in [0.5, 0.6) is 0 Å². The smallest absolute Gasteiger partial charge is 0.341 e. The van der Waals surface area contributed by atoms with E-state index < -0.39 is 0 Å². The Morgan fingerprint density at radius 3 is 2.87 bits per heavy atom. The Balaban J connectivity index is 2.72. The van der Waals surface area contributed by atoms with Crippen LogP contribution in [-0.2, 0) is 11.2 Å². The Hall–Kier alpha value is -1.29. The van der Waals surface area contributed by atoms with Gasteiger partial charge in [-0.1, -0.05) is 0 Å². The molecule has 0 fully saturated rings. The molecule has 0 bridgehead atoms. The van der Waals surface area contributed by atoms with Crippen LogP contribution in [0, 0.1) is 6.92 Å². The average Bonchev–Trinajstić information content (AvgIpc) is 2.55. The normalized spacial score (nSPS) is 12.5. The van der Waals surface area contributed by atoms with Crippen molar-refractivity contribution < 1.29 is 19.1 Å². The molecule has 0 saturated carbocycles. The van der Waals surface area contributed by atoms with E-state index in [4.69, 9.17) is 9.52 Å². The predicted molar refractivity (Wildman–Crippen MR) is 54.8 cm³/mol. The summed E-state index contributed by atoms with van der Waals surface area (Å²) in [5.41, 5.74) is 0.457. The first-order chi connectivity index (χ1) is 7.04. The summed E-state index contributed by atoms with van der Waals surface area (Å²) in [6.45, 7) is 3.44. The van der Waals surface area contributed by atoms with Gasteiger partial charge in [-0.05, 0) is 26.3 Å². The van der Waals surface area contributed by atoms with Crippen LogP contribution >= 0.6 is 0 Å². The molecule has 0 saturated heterocycles. The number of rotatable bonds is 4. The zero-order chi connectivity index (χ0) is 11.4. The number of carbonyl (C=O) groups excluding carboxylic acids is 1. The maximum Gasteiger partial charge on any atom is 0.341 e. The molecular weight excluding hydrogens is 196 g/mol. The van der Waals surface area contributed by atoms with Gasteiger partial charge >= 0.3 is 5.97 Å². The maximum absolute atomic E-state index is 11.3. The molecule has 0 aromatic carbocycles. The Bertz CT molecular complexity index is 338. The van der Waals surface area contributed by atoms with Gasteiger partial charge in [0.1, 0.15) is 17.1 Å². The summed E-state index contributed by atoms with van der Waals surface area (Å²) in [4.78, 5) is 11.3. The predicted octanol–water partition coefficient (Wildman–Crippen LogP) is 1.69. The number of esters is 1. The third kappa shape index (κ3) is 3.09. The lowest BCUT2D eigenvalue weighted by Gasteiger charge is -1.99. The first kappa shape index (κ1) is 11.8. The molecule has 0 radical (unpaired) electrons. The molecule has 1 aromatic rings. The van der Waals surface area contributed by atoms with Crippen molar-refractivity contribution in [2.75, 3.05) is 7.11 Å². The highest BCUT2D eigenvalue weighted by Gasteiger charge is 2.15. The Kier molecular flexibility index (Phi) is 3.91. The Labute approximate surface area is 88.8 Å². The second kappa shape index (κ2) is 4.98. The number of carbonyl (C=O) groups is 1. The Morgan fingerprint density at radius 1 is 1.67 bits per heavy atom. The van der Waals surface area contributed by atoms with E-state index in [0.717, 1.165) is 0 Å². The topological polar surface area (TPSA) is 59.7 Å². The summed E-state index contributed by atoms with van der Waals surface area (Å²) in [5, 5.41) is 9.11. The van der Waals surface area contributed by atoms with Crippen molar-refractivity contribution >= 4 is 5.97 Å². The molecule has 1 aromatic heterocycles. The lowest BCUT2D eigenvalue weighted by atomic mass is 10.1. The third-order valence-electron chi connectivity index (χ3n) is 2.18. The van der Waals surface area contributed by atoms with Gasteiger partial charge in [-0.3, -0.25) is 0 Å². The van der Waals surface area contributed by atoms with Crippen LogP contribution in [0.2, 0.25) is 0 Å². The van der Waals surface area contributed by atoms with Gasteiger partial charge in [-0.15, -0.1) is 0 Å². The largest absolute Gasteiger partial charge is 0.465 e. The molecule has 1 N–H and O–H groups in total. The molecule has 1 rings (SSSR count). The van der Waals surface area contributed by atoms with Gasteiger partial charge in [0, 0.05) is 6.42 Å². The summed E-state index contributed by atoms with van der Waals surface area (Å²) in [6.07, 6.45) is 0.875. The highest BCUT2D eigenvalue weighted by molar-refractivity contribution is 5.90. The third-order valence-corrected chi connectivity index (χ3v) is 2.18. The fourth-order valence-electron chi connectivity index (χ4n) is 1.33. The van der Waals surface area contributed by atoms with Gasteiger partial charge in [0.2, 0.25) is 0 Å². The van der Waals surface area contributed by atoms with Crippen LogP contribution in [0.4, 0.5) is 0 Å². The van der Waals surface area contributed by atoms with Crippen LogP contribution in [0.25, 0.3) is 0 Å². The van der Waals surface area contributed by atoms with E-state index in [1.54, 1.807) is 19.9 Å². The number of methoxy groups -OCH3 is 1. The molecule has 0 aliphatic rings. The monoisotopic (exact) mass is 212 g/mol. The highest BCUT2D eigenvalue weighted by Crippen LogP contribution is 2.17. The SMILES string of the molecule is COC(=O)c1cc(CCC(C)O)oc1C. The second-order valence-electron chi connectivity index (χ2n) is 3.56. The summed E-state index contributed by atoms with van der Waals surface area (Å²) in [6, 6.07) is 1.67. The molecule has 1 heterocycles. The van der Waals surface area contributed by atoms with Crippen molar-refractivity contribution in [1.82, 2.24) is 0 Å². The molecule has 4 heteroatoms. The molecule has 0 aliphatic carbocycles. The molecule has 84 valence electrons. The molecular formula is C11H16O4. The minimum Gasteiger partial charge on any atom is -0.465 e. The zero-order valence-electron chi connectivity index (χ0n) is 9.24. The standard InChI is InChI=1S/C11H16O4/c1-7(12)4-5-9-6-10(8(2)15-9)11(13)14-3/h6-7,12H,4-5H2,1-3H3. The van der Waals surface area contributed by atoms with Crippen molar-refractivity contribution in [3.05, 3.63) is 23.2 Å². The van der Waals surface area contributed by atoms with E-state index in [9.17, 15) is 4.79 Å². The molecule has 1 unspecified atom stereocenters.